The Morgan fingerprint density at radius 3 is 2.66 bits per heavy atom. The molecule has 1 aliphatic carbocycles. The van der Waals surface area contributed by atoms with Crippen LogP contribution in [0.15, 0.2) is 53.7 Å². The van der Waals surface area contributed by atoms with Gasteiger partial charge < -0.3 is 9.74 Å². The zero-order chi connectivity index (χ0) is 20.2. The quantitative estimate of drug-likeness (QED) is 0.643. The van der Waals surface area contributed by atoms with E-state index in [0.717, 1.165) is 42.5 Å². The van der Waals surface area contributed by atoms with E-state index in [1.165, 1.54) is 5.56 Å². The minimum Gasteiger partial charge on any atom is -0.390 e. The molecule has 0 aromatic heterocycles. The van der Waals surface area contributed by atoms with Crippen LogP contribution < -0.4 is 0 Å². The summed E-state index contributed by atoms with van der Waals surface area (Å²) in [5.41, 5.74) is 4.30. The van der Waals surface area contributed by atoms with Crippen LogP contribution in [0.4, 0.5) is 0 Å². The minimum atomic E-state index is -0.115. The number of aryl methyl sites for hydroxylation is 1. The van der Waals surface area contributed by atoms with Gasteiger partial charge in [-0.05, 0) is 43.0 Å². The average molecular weight is 411 g/mol. The third kappa shape index (κ3) is 4.99. The zero-order valence-electron chi connectivity index (χ0n) is 16.8. The molecule has 4 rings (SSSR count). The summed E-state index contributed by atoms with van der Waals surface area (Å²) < 4.78 is 0. The van der Waals surface area contributed by atoms with E-state index in [2.05, 4.69) is 36.3 Å². The number of carbonyl (C=O) groups is 1. The second-order valence-corrected chi connectivity index (χ2v) is 8.60. The van der Waals surface area contributed by atoms with Crippen molar-refractivity contribution in [2.75, 3.05) is 6.54 Å². The summed E-state index contributed by atoms with van der Waals surface area (Å²) in [5.74, 6) is 0.364. The van der Waals surface area contributed by atoms with Crippen molar-refractivity contribution in [2.24, 2.45) is 11.1 Å². The second-order valence-electron chi connectivity index (χ2n) is 8.17. The summed E-state index contributed by atoms with van der Waals surface area (Å²) in [6.07, 6.45) is 4.86. The predicted molar refractivity (Wildman–Crippen MR) is 116 cm³/mol. The zero-order valence-corrected chi connectivity index (χ0v) is 17.6. The highest BCUT2D eigenvalue weighted by Crippen LogP contribution is 2.28. The molecule has 1 heterocycles. The highest BCUT2D eigenvalue weighted by molar-refractivity contribution is 6.30. The summed E-state index contributed by atoms with van der Waals surface area (Å²) in [6, 6.07) is 16.1. The van der Waals surface area contributed by atoms with Crippen molar-refractivity contribution < 1.29 is 9.63 Å². The maximum atomic E-state index is 13.2. The van der Waals surface area contributed by atoms with Gasteiger partial charge in [-0.25, -0.2) is 0 Å². The Hall–Kier alpha value is -2.33. The third-order valence-electron chi connectivity index (χ3n) is 5.82. The molecule has 1 fully saturated rings. The van der Waals surface area contributed by atoms with Crippen LogP contribution in [0.3, 0.4) is 0 Å². The van der Waals surface area contributed by atoms with Gasteiger partial charge >= 0.3 is 0 Å². The largest absolute Gasteiger partial charge is 0.390 e. The van der Waals surface area contributed by atoms with Crippen molar-refractivity contribution in [1.29, 1.82) is 0 Å². The van der Waals surface area contributed by atoms with E-state index in [1.54, 1.807) is 0 Å². The molecule has 0 radical (unpaired) electrons. The van der Waals surface area contributed by atoms with E-state index in [1.807, 2.05) is 29.2 Å². The monoisotopic (exact) mass is 410 g/mol. The predicted octanol–water partition coefficient (Wildman–Crippen LogP) is 5.36. The molecule has 1 saturated carbocycles. The number of oxime groups is 1. The van der Waals surface area contributed by atoms with Crippen LogP contribution >= 0.6 is 11.6 Å². The Morgan fingerprint density at radius 2 is 1.93 bits per heavy atom. The van der Waals surface area contributed by atoms with Crippen molar-refractivity contribution >= 4 is 23.2 Å². The van der Waals surface area contributed by atoms with Gasteiger partial charge in [0.1, 0.15) is 0 Å². The van der Waals surface area contributed by atoms with Gasteiger partial charge in [0.15, 0.2) is 6.10 Å². The first-order chi connectivity index (χ1) is 14.1. The minimum absolute atomic E-state index is 0.115. The fraction of sp³-hybridized carbons (Fsp3) is 0.417. The van der Waals surface area contributed by atoms with Crippen LogP contribution in [0.2, 0.25) is 5.02 Å². The topological polar surface area (TPSA) is 41.9 Å². The van der Waals surface area contributed by atoms with Gasteiger partial charge in [0.2, 0.25) is 5.91 Å². The number of halogens is 1. The number of benzene rings is 2. The summed E-state index contributed by atoms with van der Waals surface area (Å²) in [7, 11) is 0. The highest BCUT2D eigenvalue weighted by atomic mass is 35.5. The molecule has 0 bridgehead atoms. The molecule has 0 unspecified atom stereocenters. The summed E-state index contributed by atoms with van der Waals surface area (Å²) in [4.78, 5) is 20.9. The van der Waals surface area contributed by atoms with E-state index < -0.39 is 0 Å². The first-order valence-electron chi connectivity index (χ1n) is 10.4. The molecule has 4 nitrogen and oxygen atoms in total. The van der Waals surface area contributed by atoms with Crippen LogP contribution in [0.5, 0.6) is 0 Å². The molecule has 2 aromatic rings. The molecule has 0 spiro atoms. The molecule has 2 aromatic carbocycles. The second kappa shape index (κ2) is 9.00. The maximum Gasteiger partial charge on any atom is 0.226 e. The van der Waals surface area contributed by atoms with Crippen LogP contribution in [-0.2, 0) is 16.2 Å². The molecule has 5 heteroatoms. The summed E-state index contributed by atoms with van der Waals surface area (Å²) in [6.45, 7) is 3.16. The van der Waals surface area contributed by atoms with Crippen molar-refractivity contribution in [1.82, 2.24) is 4.90 Å². The van der Waals surface area contributed by atoms with E-state index in [-0.39, 0.29) is 17.9 Å². The van der Waals surface area contributed by atoms with Gasteiger partial charge in [0.05, 0.1) is 12.3 Å². The van der Waals surface area contributed by atoms with E-state index >= 15 is 0 Å². The van der Waals surface area contributed by atoms with E-state index in [9.17, 15) is 4.79 Å². The Balaban J connectivity index is 1.45. The van der Waals surface area contributed by atoms with Gasteiger partial charge in [-0.2, -0.15) is 0 Å². The fourth-order valence-electron chi connectivity index (χ4n) is 4.21. The van der Waals surface area contributed by atoms with Crippen molar-refractivity contribution in [3.05, 3.63) is 70.2 Å². The normalized spacial score (nSPS) is 19.1. The number of nitrogens with zero attached hydrogens (tertiary/aromatic N) is 2. The highest BCUT2D eigenvalue weighted by Gasteiger charge is 2.31. The standard InChI is InChI=1S/C24H27ClN2O2/c1-17-9-11-19(12-10-17)23-14-22(29-26-23)16-27(24(28)20-6-2-3-7-20)15-18-5-4-8-21(25)13-18/h4-5,8-13,20,22H,2-3,6-7,14-16H2,1H3/t22-/m0/s1. The molecular weight excluding hydrogens is 384 g/mol. The fourth-order valence-corrected chi connectivity index (χ4v) is 4.42. The van der Waals surface area contributed by atoms with E-state index in [0.29, 0.717) is 24.5 Å². The Morgan fingerprint density at radius 1 is 1.17 bits per heavy atom. The molecule has 1 amide bonds. The smallest absolute Gasteiger partial charge is 0.226 e. The van der Waals surface area contributed by atoms with Gasteiger partial charge in [-0.15, -0.1) is 0 Å². The van der Waals surface area contributed by atoms with Crippen LogP contribution in [0.25, 0.3) is 0 Å². The maximum absolute atomic E-state index is 13.2. The Labute approximate surface area is 177 Å². The lowest BCUT2D eigenvalue weighted by Gasteiger charge is -2.27. The van der Waals surface area contributed by atoms with Crippen molar-refractivity contribution in [3.63, 3.8) is 0 Å². The lowest BCUT2D eigenvalue weighted by Crippen LogP contribution is -2.40. The van der Waals surface area contributed by atoms with Crippen LogP contribution in [0, 0.1) is 12.8 Å². The first-order valence-corrected chi connectivity index (χ1v) is 10.8. The Bertz CT molecular complexity index is 888. The molecule has 2 aliphatic rings. The van der Waals surface area contributed by atoms with E-state index in [4.69, 9.17) is 16.4 Å². The SMILES string of the molecule is Cc1ccc(C2=NO[C@H](CN(Cc3cccc(Cl)c3)C(=O)C3CCCC3)C2)cc1. The molecule has 1 atom stereocenters. The molecule has 0 saturated heterocycles. The van der Waals surface area contributed by atoms with Crippen molar-refractivity contribution in [3.8, 4) is 0 Å². The lowest BCUT2D eigenvalue weighted by atomic mass is 10.0. The molecular formula is C24H27ClN2O2. The summed E-state index contributed by atoms with van der Waals surface area (Å²) >= 11 is 6.16. The van der Waals surface area contributed by atoms with Gasteiger partial charge in [0.25, 0.3) is 0 Å². The number of amides is 1. The van der Waals surface area contributed by atoms with Crippen molar-refractivity contribution in [2.45, 2.75) is 51.7 Å². The molecule has 29 heavy (non-hydrogen) atoms. The first kappa shape index (κ1) is 20.0. The number of hydrogen-bond acceptors (Lipinski definition) is 3. The summed E-state index contributed by atoms with van der Waals surface area (Å²) in [5, 5.41) is 5.00. The van der Waals surface area contributed by atoms with Gasteiger partial charge in [-0.1, -0.05) is 71.6 Å². The average Bonchev–Trinajstić information content (AvgIpc) is 3.40. The molecule has 0 N–H and O–H groups in total. The van der Waals surface area contributed by atoms with Crippen LogP contribution in [-0.4, -0.2) is 29.2 Å². The van der Waals surface area contributed by atoms with Crippen LogP contribution in [0.1, 0.15) is 48.8 Å². The third-order valence-corrected chi connectivity index (χ3v) is 6.06. The number of carbonyl (C=O) groups excluding carboxylic acids is 1. The molecule has 1 aliphatic heterocycles. The lowest BCUT2D eigenvalue weighted by molar-refractivity contribution is -0.137. The molecule has 152 valence electrons. The van der Waals surface area contributed by atoms with Gasteiger partial charge in [-0.3, -0.25) is 4.79 Å². The number of rotatable bonds is 6. The van der Waals surface area contributed by atoms with Gasteiger partial charge in [0, 0.05) is 23.9 Å². The Kier molecular flexibility index (Phi) is 6.19. The number of hydrogen-bond donors (Lipinski definition) is 0.